The van der Waals surface area contributed by atoms with Crippen molar-refractivity contribution < 1.29 is 34.3 Å². The van der Waals surface area contributed by atoms with E-state index in [0.29, 0.717) is 0 Å². The van der Waals surface area contributed by atoms with E-state index >= 15 is 0 Å². The van der Waals surface area contributed by atoms with Gasteiger partial charge in [-0.1, -0.05) is 39.0 Å². The van der Waals surface area contributed by atoms with Gasteiger partial charge < -0.3 is 4.74 Å². The molecule has 0 saturated heterocycles. The smallest absolute Gasteiger partial charge is 0.519 e. The van der Waals surface area contributed by atoms with Gasteiger partial charge in [-0.25, -0.2) is 0 Å². The number of rotatable bonds is 8. The van der Waals surface area contributed by atoms with E-state index in [1.54, 1.807) is 0 Å². The van der Waals surface area contributed by atoms with Crippen LogP contribution < -0.4 is 34.3 Å². The van der Waals surface area contributed by atoms with E-state index in [-0.39, 0.29) is 29.6 Å². The summed E-state index contributed by atoms with van der Waals surface area (Å²) in [5.74, 6) is 0.960. The van der Waals surface area contributed by atoms with Gasteiger partial charge in [-0.05, 0) is 6.42 Å². The second kappa shape index (κ2) is 11.5. The molecule has 84 valence electrons. The van der Waals surface area contributed by atoms with E-state index in [1.807, 2.05) is 24.3 Å². The summed E-state index contributed by atoms with van der Waals surface area (Å²) in [7, 11) is 0. The van der Waals surface area contributed by atoms with E-state index in [0.717, 1.165) is 12.4 Å². The molecule has 1 aromatic rings. The maximum absolute atomic E-state index is 5.59. The molecule has 0 aliphatic carbocycles. The van der Waals surface area contributed by atoms with Gasteiger partial charge in [0, 0.05) is 5.75 Å². The molecule has 0 radical (unpaired) electrons. The first kappa shape index (κ1) is 16.0. The van der Waals surface area contributed by atoms with Gasteiger partial charge in [-0.15, -0.1) is 12.1 Å². The summed E-state index contributed by atoms with van der Waals surface area (Å²) in [5.41, 5.74) is 0. The Bertz CT molecular complexity index is 236. The molecule has 0 unspecified atom stereocenters. The van der Waals surface area contributed by atoms with E-state index in [4.69, 9.17) is 4.74 Å². The van der Waals surface area contributed by atoms with Gasteiger partial charge in [0.2, 0.25) is 0 Å². The predicted octanol–water partition coefficient (Wildman–Crippen LogP) is 1.23. The summed E-state index contributed by atoms with van der Waals surface area (Å²) in [6, 6.07) is 10.7. The number of hydrogen-bond acceptors (Lipinski definition) is 1. The van der Waals surface area contributed by atoms with Crippen molar-refractivity contribution in [2.24, 2.45) is 0 Å². The Kier molecular flexibility index (Phi) is 11.5. The van der Waals surface area contributed by atoms with Crippen LogP contribution in [0.2, 0.25) is 0 Å². The third kappa shape index (κ3) is 8.20. The molecular formula is C14H21NaO. The number of benzene rings is 1. The van der Waals surface area contributed by atoms with Crippen molar-refractivity contribution in [1.82, 2.24) is 0 Å². The maximum Gasteiger partial charge on any atom is 1.00 e. The van der Waals surface area contributed by atoms with E-state index in [9.17, 15) is 0 Å². The van der Waals surface area contributed by atoms with Crippen LogP contribution >= 0.6 is 0 Å². The fraction of sp³-hybridized carbons (Fsp3) is 0.571. The Balaban J connectivity index is 0.00000225. The minimum absolute atomic E-state index is 0. The van der Waals surface area contributed by atoms with Gasteiger partial charge in [0.1, 0.15) is 0 Å². The fourth-order valence-corrected chi connectivity index (χ4v) is 1.54. The standard InChI is InChI=1S/C14H21O.Na/c1-2-3-4-5-6-10-13-15-14-11-8-7-9-12-14;/h8-9,11-12H,2-6,10,13H2,1H3;/q-1;+1. The fourth-order valence-electron chi connectivity index (χ4n) is 1.54. The van der Waals surface area contributed by atoms with E-state index in [2.05, 4.69) is 13.0 Å². The third-order valence-electron chi connectivity index (χ3n) is 2.45. The van der Waals surface area contributed by atoms with Crippen LogP contribution in [0, 0.1) is 6.07 Å². The summed E-state index contributed by atoms with van der Waals surface area (Å²) < 4.78 is 5.59. The number of unbranched alkanes of at least 4 members (excludes halogenated alkanes) is 5. The average Bonchev–Trinajstić information content (AvgIpc) is 2.29. The Morgan fingerprint density at radius 1 is 1.00 bits per heavy atom. The first-order chi connectivity index (χ1) is 7.43. The Hall–Kier alpha value is 0.0200. The van der Waals surface area contributed by atoms with Crippen molar-refractivity contribution >= 4 is 0 Å². The molecule has 0 aromatic heterocycles. The molecule has 0 aliphatic rings. The third-order valence-corrected chi connectivity index (χ3v) is 2.45. The van der Waals surface area contributed by atoms with Crippen molar-refractivity contribution in [3.8, 4) is 5.75 Å². The molecule has 0 atom stereocenters. The van der Waals surface area contributed by atoms with Gasteiger partial charge in [0.05, 0.1) is 6.61 Å². The minimum atomic E-state index is 0. The van der Waals surface area contributed by atoms with Crippen molar-refractivity contribution in [2.45, 2.75) is 45.4 Å². The normalized spacial score (nSPS) is 9.56. The topological polar surface area (TPSA) is 9.23 Å². The summed E-state index contributed by atoms with van der Waals surface area (Å²) in [4.78, 5) is 0. The summed E-state index contributed by atoms with van der Waals surface area (Å²) >= 11 is 0. The van der Waals surface area contributed by atoms with Crippen LogP contribution in [0.5, 0.6) is 5.75 Å². The Morgan fingerprint density at radius 2 is 1.62 bits per heavy atom. The van der Waals surface area contributed by atoms with Gasteiger partial charge in [0.15, 0.2) is 0 Å². The van der Waals surface area contributed by atoms with E-state index < -0.39 is 0 Å². The molecule has 1 aromatic carbocycles. The minimum Gasteiger partial charge on any atom is -0.519 e. The monoisotopic (exact) mass is 228 g/mol. The van der Waals surface area contributed by atoms with Gasteiger partial charge >= 0.3 is 29.6 Å². The van der Waals surface area contributed by atoms with Crippen LogP contribution in [-0.2, 0) is 0 Å². The molecule has 2 heteroatoms. The van der Waals surface area contributed by atoms with Crippen molar-refractivity contribution in [3.05, 3.63) is 30.3 Å². The van der Waals surface area contributed by atoms with E-state index in [1.165, 1.54) is 38.5 Å². The maximum atomic E-state index is 5.59. The summed E-state index contributed by atoms with van der Waals surface area (Å²) in [6.07, 6.45) is 7.87. The zero-order valence-corrected chi connectivity index (χ0v) is 12.7. The molecule has 0 saturated carbocycles. The Morgan fingerprint density at radius 3 is 2.31 bits per heavy atom. The summed E-state index contributed by atoms with van der Waals surface area (Å²) in [5, 5.41) is 0. The quantitative estimate of drug-likeness (QED) is 0.369. The van der Waals surface area contributed by atoms with Crippen LogP contribution in [0.1, 0.15) is 45.4 Å². The van der Waals surface area contributed by atoms with Crippen LogP contribution in [0.25, 0.3) is 0 Å². The van der Waals surface area contributed by atoms with Crippen LogP contribution in [0.3, 0.4) is 0 Å². The van der Waals surface area contributed by atoms with Gasteiger partial charge in [0.25, 0.3) is 0 Å². The Labute approximate surface area is 122 Å². The largest absolute Gasteiger partial charge is 1.00 e. The molecule has 0 N–H and O–H groups in total. The molecule has 0 amide bonds. The van der Waals surface area contributed by atoms with Crippen molar-refractivity contribution in [1.29, 1.82) is 0 Å². The average molecular weight is 228 g/mol. The van der Waals surface area contributed by atoms with Crippen molar-refractivity contribution in [3.63, 3.8) is 0 Å². The molecule has 0 bridgehead atoms. The predicted molar refractivity (Wildman–Crippen MR) is 64.1 cm³/mol. The van der Waals surface area contributed by atoms with Crippen LogP contribution in [0.4, 0.5) is 0 Å². The van der Waals surface area contributed by atoms with Crippen LogP contribution in [-0.4, -0.2) is 6.61 Å². The van der Waals surface area contributed by atoms with Crippen molar-refractivity contribution in [2.75, 3.05) is 6.61 Å². The summed E-state index contributed by atoms with van der Waals surface area (Å²) in [6.45, 7) is 3.09. The molecule has 1 rings (SSSR count). The first-order valence-corrected chi connectivity index (χ1v) is 6.02. The molecule has 0 heterocycles. The zero-order valence-electron chi connectivity index (χ0n) is 10.7. The molecule has 0 fully saturated rings. The van der Waals surface area contributed by atoms with Crippen LogP contribution in [0.15, 0.2) is 24.3 Å². The molecule has 0 aliphatic heterocycles. The van der Waals surface area contributed by atoms with Gasteiger partial charge in [-0.2, -0.15) is 18.2 Å². The number of ether oxygens (including phenoxy) is 1. The first-order valence-electron chi connectivity index (χ1n) is 6.02. The second-order valence-corrected chi connectivity index (χ2v) is 3.85. The second-order valence-electron chi connectivity index (χ2n) is 3.85. The molecule has 0 spiro atoms. The number of hydrogen-bond donors (Lipinski definition) is 0. The van der Waals surface area contributed by atoms with Gasteiger partial charge in [-0.3, -0.25) is 0 Å². The molecule has 16 heavy (non-hydrogen) atoms. The molecule has 1 nitrogen and oxygen atoms in total. The molecular weight excluding hydrogens is 207 g/mol. The zero-order chi connectivity index (χ0) is 10.8. The SMILES string of the molecule is CCCCCCCCOc1cc[c-]cc1.[Na+].